The van der Waals surface area contributed by atoms with Gasteiger partial charge in [0.15, 0.2) is 0 Å². The van der Waals surface area contributed by atoms with E-state index in [4.69, 9.17) is 0 Å². The lowest BCUT2D eigenvalue weighted by atomic mass is 10.1. The highest BCUT2D eigenvalue weighted by molar-refractivity contribution is 5.65. The Balaban J connectivity index is 0.000000921. The number of nitrogens with zero attached hydrogens (tertiary/aromatic N) is 1. The fourth-order valence-corrected chi connectivity index (χ4v) is 1.62. The highest BCUT2D eigenvalue weighted by atomic mass is 14.9. The van der Waals surface area contributed by atoms with Gasteiger partial charge < -0.3 is 4.57 Å². The van der Waals surface area contributed by atoms with Gasteiger partial charge in [-0.2, -0.15) is 0 Å². The van der Waals surface area contributed by atoms with Crippen LogP contribution in [0.2, 0.25) is 0 Å². The molecule has 0 atom stereocenters. The van der Waals surface area contributed by atoms with Crippen molar-refractivity contribution in [3.05, 3.63) is 35.7 Å². The van der Waals surface area contributed by atoms with Gasteiger partial charge in [0.25, 0.3) is 0 Å². The van der Waals surface area contributed by atoms with Crippen LogP contribution in [0.1, 0.15) is 44.5 Å². The van der Waals surface area contributed by atoms with Crippen molar-refractivity contribution in [3.63, 3.8) is 0 Å². The molecule has 0 N–H and O–H groups in total. The van der Waals surface area contributed by atoms with Gasteiger partial charge in [0.1, 0.15) is 0 Å². The summed E-state index contributed by atoms with van der Waals surface area (Å²) in [7, 11) is 2.06. The zero-order valence-electron chi connectivity index (χ0n) is 10.7. The quantitative estimate of drug-likeness (QED) is 0.693. The molecule has 0 spiro atoms. The minimum atomic E-state index is 1.07. The summed E-state index contributed by atoms with van der Waals surface area (Å²) in [6, 6.07) is 0. The molecule has 1 aromatic rings. The first-order chi connectivity index (χ1) is 7.24. The smallest absolute Gasteiger partial charge is 0.0474 e. The van der Waals surface area contributed by atoms with Crippen molar-refractivity contribution in [2.24, 2.45) is 7.05 Å². The Bertz CT molecular complexity index is 329. The monoisotopic (exact) mass is 205 g/mol. The van der Waals surface area contributed by atoms with Gasteiger partial charge in [0.2, 0.25) is 0 Å². The summed E-state index contributed by atoms with van der Waals surface area (Å²) in [5.41, 5.74) is 3.90. The maximum Gasteiger partial charge on any atom is 0.0474 e. The fraction of sp³-hybridized carbons (Fsp3) is 0.429. The molecule has 0 radical (unpaired) electrons. The molecule has 0 aliphatic heterocycles. The predicted octanol–water partition coefficient (Wildman–Crippen LogP) is 4.29. The summed E-state index contributed by atoms with van der Waals surface area (Å²) in [6.45, 7) is 12.0. The molecular weight excluding hydrogens is 182 g/mol. The maximum atomic E-state index is 3.83. The number of rotatable bonds is 3. The van der Waals surface area contributed by atoms with Crippen LogP contribution in [0, 0.1) is 0 Å². The third-order valence-corrected chi connectivity index (χ3v) is 2.26. The van der Waals surface area contributed by atoms with E-state index < -0.39 is 0 Å². The van der Waals surface area contributed by atoms with Crippen LogP contribution in [0.5, 0.6) is 0 Å². The van der Waals surface area contributed by atoms with E-state index in [-0.39, 0.29) is 0 Å². The first-order valence-corrected chi connectivity index (χ1v) is 5.67. The molecule has 0 bridgehead atoms. The van der Waals surface area contributed by atoms with Crippen molar-refractivity contribution in [1.29, 1.82) is 0 Å². The zero-order valence-corrected chi connectivity index (χ0v) is 10.7. The largest absolute Gasteiger partial charge is 0.350 e. The molecule has 1 aromatic heterocycles. The lowest BCUT2D eigenvalue weighted by molar-refractivity contribution is 0.907. The van der Waals surface area contributed by atoms with Crippen molar-refractivity contribution in [2.45, 2.75) is 34.1 Å². The van der Waals surface area contributed by atoms with Crippen molar-refractivity contribution in [1.82, 2.24) is 4.57 Å². The zero-order chi connectivity index (χ0) is 11.8. The molecule has 84 valence electrons. The van der Waals surface area contributed by atoms with Gasteiger partial charge in [0, 0.05) is 24.5 Å². The average Bonchev–Trinajstić information content (AvgIpc) is 2.58. The molecule has 1 rings (SSSR count). The Morgan fingerprint density at radius 3 is 2.40 bits per heavy atom. The number of allylic oxidation sites excluding steroid dienone is 1. The molecule has 0 fully saturated rings. The number of aryl methyl sites for hydroxylation is 2. The van der Waals surface area contributed by atoms with Crippen LogP contribution >= 0.6 is 0 Å². The van der Waals surface area contributed by atoms with Crippen LogP contribution in [-0.2, 0) is 13.5 Å². The molecule has 0 saturated heterocycles. The van der Waals surface area contributed by atoms with E-state index in [2.05, 4.69) is 43.5 Å². The van der Waals surface area contributed by atoms with Gasteiger partial charge in [-0.3, -0.25) is 0 Å². The normalized spacial score (nSPS) is 9.93. The van der Waals surface area contributed by atoms with E-state index in [1.165, 1.54) is 16.8 Å². The highest BCUT2D eigenvalue weighted by Crippen LogP contribution is 2.20. The third-order valence-electron chi connectivity index (χ3n) is 2.26. The Labute approximate surface area is 94.1 Å². The van der Waals surface area contributed by atoms with Crippen LogP contribution in [-0.4, -0.2) is 4.57 Å². The second kappa shape index (κ2) is 7.10. The lowest BCUT2D eigenvalue weighted by Crippen LogP contribution is -1.88. The number of aromatic nitrogens is 1. The summed E-state index contributed by atoms with van der Waals surface area (Å²) in [5.74, 6) is 0. The Kier molecular flexibility index (Phi) is 6.52. The Morgan fingerprint density at radius 1 is 1.40 bits per heavy atom. The molecule has 1 nitrogen and oxygen atoms in total. The van der Waals surface area contributed by atoms with E-state index in [0.29, 0.717) is 0 Å². The highest BCUT2D eigenvalue weighted by Gasteiger charge is 2.06. The van der Waals surface area contributed by atoms with Gasteiger partial charge in [-0.25, -0.2) is 0 Å². The predicted molar refractivity (Wildman–Crippen MR) is 70.9 cm³/mol. The molecule has 1 heterocycles. The summed E-state index contributed by atoms with van der Waals surface area (Å²) >= 11 is 0. The van der Waals surface area contributed by atoms with Crippen LogP contribution in [0.25, 0.3) is 12.2 Å². The van der Waals surface area contributed by atoms with E-state index in [1.54, 1.807) is 0 Å². The third kappa shape index (κ3) is 3.12. The molecule has 0 aliphatic carbocycles. The summed E-state index contributed by atoms with van der Waals surface area (Å²) < 4.78 is 2.13. The second-order valence-electron chi connectivity index (χ2n) is 3.12. The van der Waals surface area contributed by atoms with Gasteiger partial charge in [-0.15, -0.1) is 0 Å². The maximum absolute atomic E-state index is 3.83. The minimum absolute atomic E-state index is 1.07. The molecule has 0 aromatic carbocycles. The molecular formula is C14H23N. The molecule has 1 heteroatoms. The molecule has 0 unspecified atom stereocenters. The van der Waals surface area contributed by atoms with Crippen molar-refractivity contribution in [3.8, 4) is 0 Å². The summed E-state index contributed by atoms with van der Waals surface area (Å²) in [6.07, 6.45) is 9.37. The van der Waals surface area contributed by atoms with Crippen molar-refractivity contribution < 1.29 is 0 Å². The molecule has 0 saturated carbocycles. The SMILES string of the molecule is C=Cc1c(/C=C\C)c(CC)cn1C.CC. The van der Waals surface area contributed by atoms with Crippen molar-refractivity contribution in [2.75, 3.05) is 0 Å². The lowest BCUT2D eigenvalue weighted by Gasteiger charge is -1.98. The second-order valence-corrected chi connectivity index (χ2v) is 3.12. The first kappa shape index (κ1) is 13.8. The van der Waals surface area contributed by atoms with E-state index in [1.807, 2.05) is 26.8 Å². The summed E-state index contributed by atoms with van der Waals surface area (Å²) in [4.78, 5) is 0. The molecule has 0 amide bonds. The Hall–Kier alpha value is -1.24. The van der Waals surface area contributed by atoms with Crippen LogP contribution < -0.4 is 0 Å². The van der Waals surface area contributed by atoms with Gasteiger partial charge in [-0.1, -0.05) is 39.5 Å². The van der Waals surface area contributed by atoms with Crippen LogP contribution in [0.4, 0.5) is 0 Å². The van der Waals surface area contributed by atoms with E-state index in [9.17, 15) is 0 Å². The van der Waals surface area contributed by atoms with Crippen LogP contribution in [0.3, 0.4) is 0 Å². The van der Waals surface area contributed by atoms with Gasteiger partial charge >= 0.3 is 0 Å². The first-order valence-electron chi connectivity index (χ1n) is 5.67. The average molecular weight is 205 g/mol. The number of hydrogen-bond donors (Lipinski definition) is 0. The Morgan fingerprint density at radius 2 is 2.00 bits per heavy atom. The topological polar surface area (TPSA) is 4.93 Å². The standard InChI is InChI=1S/C12H17N.C2H6/c1-5-8-11-10(6-2)9-13(4)12(11)7-3;1-2/h5,7-9H,3,6H2,1-2,4H3;1-2H3/b8-5-;. The van der Waals surface area contributed by atoms with Gasteiger partial charge in [0.05, 0.1) is 0 Å². The van der Waals surface area contributed by atoms with Crippen molar-refractivity contribution >= 4 is 12.2 Å². The summed E-state index contributed by atoms with van der Waals surface area (Å²) in [5, 5.41) is 0. The fourth-order valence-electron chi connectivity index (χ4n) is 1.62. The van der Waals surface area contributed by atoms with E-state index in [0.717, 1.165) is 6.42 Å². The molecule has 15 heavy (non-hydrogen) atoms. The van der Waals surface area contributed by atoms with Gasteiger partial charge in [-0.05, 0) is 25.0 Å². The van der Waals surface area contributed by atoms with Crippen LogP contribution in [0.15, 0.2) is 18.9 Å². The number of hydrogen-bond acceptors (Lipinski definition) is 0. The minimum Gasteiger partial charge on any atom is -0.350 e. The van der Waals surface area contributed by atoms with E-state index >= 15 is 0 Å². The molecule has 0 aliphatic rings.